The molecule has 0 unspecified atom stereocenters. The quantitative estimate of drug-likeness (QED) is 0.177. The Bertz CT molecular complexity index is 2560. The highest BCUT2D eigenvalue weighted by atomic mass is 16.2. The molecule has 1 aromatic heterocycles. The highest BCUT2D eigenvalue weighted by Gasteiger charge is 2.35. The molecule has 0 atom stereocenters. The number of aromatic nitrogens is 3. The summed E-state index contributed by atoms with van der Waals surface area (Å²) in [7, 11) is 0. The van der Waals surface area contributed by atoms with Gasteiger partial charge >= 0.3 is 0 Å². The number of hydrogen-bond acceptors (Lipinski definition) is 5. The van der Waals surface area contributed by atoms with Gasteiger partial charge in [-0.2, -0.15) is 0 Å². The second-order valence-corrected chi connectivity index (χ2v) is 12.0. The van der Waals surface area contributed by atoms with Crippen LogP contribution in [0.2, 0.25) is 0 Å². The van der Waals surface area contributed by atoms with Gasteiger partial charge in [0.05, 0.1) is 5.69 Å². The maximum atomic E-state index is 14.1. The minimum absolute atomic E-state index is 0.365. The van der Waals surface area contributed by atoms with E-state index >= 15 is 0 Å². The lowest BCUT2D eigenvalue weighted by Crippen LogP contribution is -2.40. The van der Waals surface area contributed by atoms with Gasteiger partial charge in [-0.3, -0.25) is 9.59 Å². The fraction of sp³-hybridized carbons (Fsp3) is 0. The highest BCUT2D eigenvalue weighted by Crippen LogP contribution is 2.38. The third-order valence-electron chi connectivity index (χ3n) is 9.06. The van der Waals surface area contributed by atoms with E-state index in [4.69, 9.17) is 15.0 Å². The first kappa shape index (κ1) is 28.4. The van der Waals surface area contributed by atoms with Crippen molar-refractivity contribution in [3.05, 3.63) is 169 Å². The maximum Gasteiger partial charge on any atom is 0.265 e. The molecule has 0 N–H and O–H groups in total. The maximum absolute atomic E-state index is 14.1. The molecular formula is C43H26N4O2. The number of amides is 2. The topological polar surface area (TPSA) is 76.0 Å². The van der Waals surface area contributed by atoms with E-state index in [-0.39, 0.29) is 11.8 Å². The molecule has 0 radical (unpaired) electrons. The zero-order valence-electron chi connectivity index (χ0n) is 26.1. The van der Waals surface area contributed by atoms with Crippen LogP contribution in [-0.4, -0.2) is 26.8 Å². The average molecular weight is 631 g/mol. The minimum atomic E-state index is -0.365. The van der Waals surface area contributed by atoms with Crippen molar-refractivity contribution in [2.75, 3.05) is 4.90 Å². The first-order valence-corrected chi connectivity index (χ1v) is 16.0. The summed E-state index contributed by atoms with van der Waals surface area (Å²) in [5, 5.41) is 3.32. The molecule has 8 aromatic rings. The van der Waals surface area contributed by atoms with E-state index in [1.807, 2.05) is 121 Å². The van der Waals surface area contributed by atoms with Gasteiger partial charge in [0, 0.05) is 33.2 Å². The zero-order chi connectivity index (χ0) is 32.9. The van der Waals surface area contributed by atoms with E-state index in [9.17, 15) is 9.59 Å². The molecule has 230 valence electrons. The monoisotopic (exact) mass is 630 g/mol. The smallest absolute Gasteiger partial charge is 0.265 e. The van der Waals surface area contributed by atoms with Gasteiger partial charge in [-0.05, 0) is 57.6 Å². The summed E-state index contributed by atoms with van der Waals surface area (Å²) < 4.78 is 0. The Morgan fingerprint density at radius 3 is 1.63 bits per heavy atom. The number of imide groups is 1. The van der Waals surface area contributed by atoms with Crippen LogP contribution < -0.4 is 4.90 Å². The van der Waals surface area contributed by atoms with Crippen LogP contribution in [0.25, 0.3) is 66.8 Å². The van der Waals surface area contributed by atoms with E-state index in [0.717, 1.165) is 38.4 Å². The lowest BCUT2D eigenvalue weighted by molar-refractivity contribution is 0.0893. The summed E-state index contributed by atoms with van der Waals surface area (Å²) in [4.78, 5) is 44.2. The van der Waals surface area contributed by atoms with Crippen molar-refractivity contribution in [1.82, 2.24) is 15.0 Å². The number of rotatable bonds is 5. The Morgan fingerprint density at radius 2 is 0.918 bits per heavy atom. The molecule has 0 aliphatic carbocycles. The van der Waals surface area contributed by atoms with E-state index in [1.165, 1.54) is 4.90 Å². The van der Waals surface area contributed by atoms with Crippen LogP contribution in [0.1, 0.15) is 20.7 Å². The van der Waals surface area contributed by atoms with Gasteiger partial charge in [0.15, 0.2) is 17.5 Å². The van der Waals surface area contributed by atoms with E-state index in [0.29, 0.717) is 45.2 Å². The van der Waals surface area contributed by atoms with E-state index in [1.54, 1.807) is 12.1 Å². The third kappa shape index (κ3) is 4.86. The first-order chi connectivity index (χ1) is 24.1. The number of fused-ring (bicyclic) bond motifs is 1. The van der Waals surface area contributed by atoms with Crippen LogP contribution in [0.5, 0.6) is 0 Å². The molecule has 0 spiro atoms. The predicted molar refractivity (Wildman–Crippen MR) is 194 cm³/mol. The van der Waals surface area contributed by atoms with E-state index in [2.05, 4.69) is 24.3 Å². The molecule has 2 heterocycles. The summed E-state index contributed by atoms with van der Waals surface area (Å²) in [5.74, 6) is 0.781. The molecule has 0 fully saturated rings. The lowest BCUT2D eigenvalue weighted by atomic mass is 9.90. The SMILES string of the molecule is O=C1c2cccc3c(-c4nc(-c5ccccc5)nc(-c5ccc(-c6ccccc6)cc5)n4)ccc(c23)C(=O)N1c1ccc2ccccc2c1. The fourth-order valence-corrected chi connectivity index (χ4v) is 6.63. The molecule has 1 aliphatic rings. The van der Waals surface area contributed by atoms with Gasteiger partial charge in [-0.1, -0.05) is 127 Å². The fourth-order valence-electron chi connectivity index (χ4n) is 6.63. The number of anilines is 1. The van der Waals surface area contributed by atoms with Gasteiger partial charge in [0.25, 0.3) is 11.8 Å². The van der Waals surface area contributed by atoms with Gasteiger partial charge in [-0.15, -0.1) is 0 Å². The molecule has 9 rings (SSSR count). The molecule has 7 aromatic carbocycles. The molecule has 2 amide bonds. The van der Waals surface area contributed by atoms with Crippen molar-refractivity contribution in [1.29, 1.82) is 0 Å². The summed E-state index contributed by atoms with van der Waals surface area (Å²) in [6.45, 7) is 0. The Morgan fingerprint density at radius 1 is 0.388 bits per heavy atom. The Kier molecular flexibility index (Phi) is 6.66. The minimum Gasteiger partial charge on any atom is -0.268 e. The predicted octanol–water partition coefficient (Wildman–Crippen LogP) is 9.65. The summed E-state index contributed by atoms with van der Waals surface area (Å²) >= 11 is 0. The van der Waals surface area contributed by atoms with E-state index < -0.39 is 0 Å². The van der Waals surface area contributed by atoms with Crippen molar-refractivity contribution in [2.45, 2.75) is 0 Å². The molecular weight excluding hydrogens is 604 g/mol. The summed E-state index contributed by atoms with van der Waals surface area (Å²) in [6.07, 6.45) is 0. The van der Waals surface area contributed by atoms with Crippen molar-refractivity contribution >= 4 is 39.0 Å². The number of carbonyl (C=O) groups is 2. The van der Waals surface area contributed by atoms with Gasteiger partial charge in [0.1, 0.15) is 0 Å². The Balaban J connectivity index is 1.18. The van der Waals surface area contributed by atoms with Crippen LogP contribution in [0, 0.1) is 0 Å². The number of nitrogens with zero attached hydrogens (tertiary/aromatic N) is 4. The van der Waals surface area contributed by atoms with Gasteiger partial charge in [0.2, 0.25) is 0 Å². The van der Waals surface area contributed by atoms with Crippen molar-refractivity contribution in [3.63, 3.8) is 0 Å². The molecule has 6 heteroatoms. The highest BCUT2D eigenvalue weighted by molar-refractivity contribution is 6.36. The summed E-state index contributed by atoms with van der Waals surface area (Å²) in [5.41, 5.74) is 6.08. The zero-order valence-corrected chi connectivity index (χ0v) is 26.1. The number of benzene rings is 7. The van der Waals surface area contributed by atoms with Crippen LogP contribution in [0.4, 0.5) is 5.69 Å². The van der Waals surface area contributed by atoms with Crippen LogP contribution >= 0.6 is 0 Å². The third-order valence-corrected chi connectivity index (χ3v) is 9.06. The van der Waals surface area contributed by atoms with Crippen LogP contribution in [0.15, 0.2) is 158 Å². The van der Waals surface area contributed by atoms with Crippen molar-refractivity contribution < 1.29 is 9.59 Å². The van der Waals surface area contributed by atoms with Gasteiger partial charge < -0.3 is 0 Å². The van der Waals surface area contributed by atoms with Gasteiger partial charge in [-0.25, -0.2) is 19.9 Å². The molecule has 0 bridgehead atoms. The molecule has 0 saturated carbocycles. The Hall–Kier alpha value is -6.79. The molecule has 0 saturated heterocycles. The van der Waals surface area contributed by atoms with Crippen LogP contribution in [-0.2, 0) is 0 Å². The number of carbonyl (C=O) groups excluding carboxylic acids is 2. The molecule has 49 heavy (non-hydrogen) atoms. The second-order valence-electron chi connectivity index (χ2n) is 12.0. The lowest BCUT2D eigenvalue weighted by Gasteiger charge is -2.28. The standard InChI is InChI=1S/C43H26N4O2/c48-42-36-17-9-16-34-35(24-25-37(38(34)36)43(49)47(42)33-23-22-28-12-7-8-15-32(28)26-33)41-45-39(30-13-5-2-6-14-30)44-40(46-41)31-20-18-29(19-21-31)27-10-3-1-4-11-27/h1-26H. The summed E-state index contributed by atoms with van der Waals surface area (Å²) in [6, 6.07) is 50.9. The second kappa shape index (κ2) is 11.5. The number of hydrogen-bond donors (Lipinski definition) is 0. The normalized spacial score (nSPS) is 12.5. The Labute approximate surface area is 282 Å². The largest absolute Gasteiger partial charge is 0.268 e. The first-order valence-electron chi connectivity index (χ1n) is 16.0. The van der Waals surface area contributed by atoms with Crippen molar-refractivity contribution in [2.24, 2.45) is 0 Å². The van der Waals surface area contributed by atoms with Crippen LogP contribution in [0.3, 0.4) is 0 Å². The van der Waals surface area contributed by atoms with Crippen molar-refractivity contribution in [3.8, 4) is 45.3 Å². The molecule has 6 nitrogen and oxygen atoms in total. The average Bonchev–Trinajstić information content (AvgIpc) is 3.17. The molecule has 1 aliphatic heterocycles.